The maximum Gasteiger partial charge on any atom is 0.248 e. The third-order valence-corrected chi connectivity index (χ3v) is 9.20. The number of nitrogens with zero attached hydrogens (tertiary/aromatic N) is 5. The van der Waals surface area contributed by atoms with Crippen LogP contribution in [0.15, 0.2) is 60.7 Å². The number of nitrogens with one attached hydrogen (secondary N) is 2. The van der Waals surface area contributed by atoms with Crippen LogP contribution in [0.2, 0.25) is 0 Å². The topological polar surface area (TPSA) is 197 Å². The Labute approximate surface area is 270 Å². The van der Waals surface area contributed by atoms with Crippen LogP contribution in [0.4, 0.5) is 4.39 Å². The van der Waals surface area contributed by atoms with E-state index in [1.807, 2.05) is 12.1 Å². The summed E-state index contributed by atoms with van der Waals surface area (Å²) >= 11 is 0. The summed E-state index contributed by atoms with van der Waals surface area (Å²) in [7, 11) is 0. The third kappa shape index (κ3) is 6.07. The molecule has 0 bridgehead atoms. The van der Waals surface area contributed by atoms with Crippen LogP contribution < -0.4 is 16.8 Å². The van der Waals surface area contributed by atoms with Crippen molar-refractivity contribution in [3.05, 3.63) is 111 Å². The van der Waals surface area contributed by atoms with Gasteiger partial charge in [0.25, 0.3) is 0 Å². The molecule has 2 aliphatic carbocycles. The Morgan fingerprint density at radius 1 is 1.02 bits per heavy atom. The van der Waals surface area contributed by atoms with E-state index < -0.39 is 35.1 Å². The normalized spacial score (nSPS) is 16.1. The molecular weight excluding hydrogens is 601 g/mol. The smallest absolute Gasteiger partial charge is 0.248 e. The molecule has 12 nitrogen and oxygen atoms in total. The molecular formula is C34H34FN9O3. The number of hydrogen-bond acceptors (Lipinski definition) is 8. The van der Waals surface area contributed by atoms with Crippen molar-refractivity contribution >= 4 is 17.7 Å². The Balaban J connectivity index is 1.53. The predicted octanol–water partition coefficient (Wildman–Crippen LogP) is 2.59. The molecule has 1 fully saturated rings. The van der Waals surface area contributed by atoms with E-state index in [9.17, 15) is 24.0 Å². The zero-order valence-corrected chi connectivity index (χ0v) is 25.7. The lowest BCUT2D eigenvalue weighted by atomic mass is 9.67. The standard InChI is InChI=1S/C34H34FN9O3/c1-19(17-36)44(26-10-11-26)30(45)18-39-29(20-4-8-25(35)9-5-20)16-34(33-40-42-43-41-33)27-12-6-23(31(37)46)14-21(27)2-3-22-15-24(32(38)47)7-13-28(22)34/h4-9,12-15,19,26,29,39H,2-3,10-11,16,18H2,1H3,(H2,37,46)(H2,38,47)(H,40,41,42,43)/t19?,29-/m1/s1. The molecule has 0 aliphatic heterocycles. The molecule has 1 heterocycles. The van der Waals surface area contributed by atoms with E-state index in [0.717, 1.165) is 35.1 Å². The van der Waals surface area contributed by atoms with Gasteiger partial charge in [-0.1, -0.05) is 29.5 Å². The van der Waals surface area contributed by atoms with Gasteiger partial charge in [-0.25, -0.2) is 4.39 Å². The second-order valence-electron chi connectivity index (χ2n) is 12.1. The highest BCUT2D eigenvalue weighted by atomic mass is 19.1. The molecule has 13 heteroatoms. The molecule has 4 aromatic rings. The van der Waals surface area contributed by atoms with Gasteiger partial charge in [0, 0.05) is 23.2 Å². The summed E-state index contributed by atoms with van der Waals surface area (Å²) in [4.78, 5) is 39.7. The number of aromatic amines is 1. The van der Waals surface area contributed by atoms with Crippen molar-refractivity contribution in [3.8, 4) is 6.07 Å². The molecule has 2 aliphatic rings. The second-order valence-corrected chi connectivity index (χ2v) is 12.1. The molecule has 6 N–H and O–H groups in total. The number of rotatable bonds is 11. The van der Waals surface area contributed by atoms with Gasteiger partial charge in [0.2, 0.25) is 17.7 Å². The molecule has 1 saturated carbocycles. The van der Waals surface area contributed by atoms with E-state index >= 15 is 0 Å². The van der Waals surface area contributed by atoms with Crippen LogP contribution in [0.3, 0.4) is 0 Å². The average molecular weight is 636 g/mol. The van der Waals surface area contributed by atoms with Gasteiger partial charge in [-0.3, -0.25) is 14.4 Å². The van der Waals surface area contributed by atoms with Gasteiger partial charge < -0.3 is 21.7 Å². The number of primary amides is 2. The van der Waals surface area contributed by atoms with Crippen molar-refractivity contribution in [1.82, 2.24) is 30.8 Å². The number of fused-ring (bicyclic) bond motifs is 2. The number of halogens is 1. The number of hydrogen-bond donors (Lipinski definition) is 4. The number of benzene rings is 3. The van der Waals surface area contributed by atoms with Crippen LogP contribution in [0.1, 0.15) is 86.6 Å². The fraction of sp³-hybridized carbons (Fsp3) is 0.324. The monoisotopic (exact) mass is 635 g/mol. The van der Waals surface area contributed by atoms with Gasteiger partial charge in [0.05, 0.1) is 18.0 Å². The summed E-state index contributed by atoms with van der Waals surface area (Å²) < 4.78 is 14.2. The molecule has 0 radical (unpaired) electrons. The number of nitrogens with two attached hydrogens (primary N) is 2. The highest BCUT2D eigenvalue weighted by molar-refractivity contribution is 5.94. The van der Waals surface area contributed by atoms with Crippen LogP contribution in [0.5, 0.6) is 0 Å². The van der Waals surface area contributed by atoms with Gasteiger partial charge in [-0.05, 0) is 103 Å². The van der Waals surface area contributed by atoms with Crippen molar-refractivity contribution in [2.45, 2.75) is 62.6 Å². The summed E-state index contributed by atoms with van der Waals surface area (Å²) in [5.41, 5.74) is 14.8. The van der Waals surface area contributed by atoms with E-state index in [2.05, 4.69) is 32.0 Å². The first kappa shape index (κ1) is 31.5. The van der Waals surface area contributed by atoms with Gasteiger partial charge in [0.15, 0.2) is 5.82 Å². The van der Waals surface area contributed by atoms with Crippen LogP contribution >= 0.6 is 0 Å². The summed E-state index contributed by atoms with van der Waals surface area (Å²) in [6, 6.07) is 17.5. The largest absolute Gasteiger partial charge is 0.366 e. The average Bonchev–Trinajstić information content (AvgIpc) is 3.77. The molecule has 2 atom stereocenters. The number of H-pyrrole nitrogens is 1. The number of amides is 3. The number of carbonyl (C=O) groups is 3. The molecule has 6 rings (SSSR count). The minimum Gasteiger partial charge on any atom is -0.366 e. The first-order chi connectivity index (χ1) is 22.6. The van der Waals surface area contributed by atoms with E-state index in [1.54, 1.807) is 48.2 Å². The molecule has 0 spiro atoms. The van der Waals surface area contributed by atoms with E-state index in [0.29, 0.717) is 35.4 Å². The minimum absolute atomic E-state index is 0.0217. The van der Waals surface area contributed by atoms with E-state index in [1.165, 1.54) is 12.1 Å². The maximum absolute atomic E-state index is 14.2. The van der Waals surface area contributed by atoms with Gasteiger partial charge in [-0.2, -0.15) is 10.5 Å². The van der Waals surface area contributed by atoms with Crippen LogP contribution in [0.25, 0.3) is 0 Å². The number of carbonyl (C=O) groups excluding carboxylic acids is 3. The van der Waals surface area contributed by atoms with Crippen LogP contribution in [-0.4, -0.2) is 61.9 Å². The summed E-state index contributed by atoms with van der Waals surface area (Å²) in [6.45, 7) is 1.62. The predicted molar refractivity (Wildman–Crippen MR) is 168 cm³/mol. The second kappa shape index (κ2) is 12.7. The number of nitriles is 1. The molecule has 3 amide bonds. The van der Waals surface area contributed by atoms with Crippen LogP contribution in [-0.2, 0) is 23.1 Å². The Hall–Kier alpha value is -5.48. The lowest BCUT2D eigenvalue weighted by Crippen LogP contribution is -2.46. The molecule has 47 heavy (non-hydrogen) atoms. The summed E-state index contributed by atoms with van der Waals surface area (Å²) in [5, 5.41) is 28.5. The number of aromatic nitrogens is 4. The number of aryl methyl sites for hydroxylation is 2. The molecule has 1 unspecified atom stereocenters. The first-order valence-corrected chi connectivity index (χ1v) is 15.4. The molecule has 1 aromatic heterocycles. The first-order valence-electron chi connectivity index (χ1n) is 15.4. The van der Waals surface area contributed by atoms with Crippen molar-refractivity contribution < 1.29 is 18.8 Å². The quantitative estimate of drug-likeness (QED) is 0.193. The number of tetrazole rings is 1. The fourth-order valence-electron chi connectivity index (χ4n) is 6.81. The Kier molecular flexibility index (Phi) is 8.53. The zero-order chi connectivity index (χ0) is 33.3. The van der Waals surface area contributed by atoms with Crippen molar-refractivity contribution in [3.63, 3.8) is 0 Å². The highest BCUT2D eigenvalue weighted by Crippen LogP contribution is 2.49. The van der Waals surface area contributed by atoms with Crippen molar-refractivity contribution in [2.75, 3.05) is 6.54 Å². The lowest BCUT2D eigenvalue weighted by Gasteiger charge is -2.37. The third-order valence-electron chi connectivity index (χ3n) is 9.20. The molecule has 240 valence electrons. The Bertz CT molecular complexity index is 1800. The SMILES string of the molecule is CC(C#N)N(C(=O)CN[C@H](CC1(c2nn[nH]n2)c2ccc(C(N)=O)cc2CCc2cc(C(N)=O)ccc21)c1ccc(F)cc1)C1CC1. The Morgan fingerprint density at radius 2 is 1.62 bits per heavy atom. The zero-order valence-electron chi connectivity index (χ0n) is 25.7. The molecule has 0 saturated heterocycles. The lowest BCUT2D eigenvalue weighted by molar-refractivity contribution is -0.132. The van der Waals surface area contributed by atoms with E-state index in [-0.39, 0.29) is 24.9 Å². The van der Waals surface area contributed by atoms with E-state index in [4.69, 9.17) is 11.5 Å². The fourth-order valence-corrected chi connectivity index (χ4v) is 6.81. The van der Waals surface area contributed by atoms with Gasteiger partial charge in [0.1, 0.15) is 11.9 Å². The summed E-state index contributed by atoms with van der Waals surface area (Å²) in [6.07, 6.45) is 2.90. The van der Waals surface area contributed by atoms with Crippen molar-refractivity contribution in [2.24, 2.45) is 11.5 Å². The minimum atomic E-state index is -1.15. The van der Waals surface area contributed by atoms with Crippen molar-refractivity contribution in [1.29, 1.82) is 5.26 Å². The molecule has 3 aromatic carbocycles. The van der Waals surface area contributed by atoms with Crippen LogP contribution in [0, 0.1) is 17.1 Å². The summed E-state index contributed by atoms with van der Waals surface area (Å²) in [5.74, 6) is -1.47. The van der Waals surface area contributed by atoms with Gasteiger partial charge in [-0.15, -0.1) is 10.2 Å². The Morgan fingerprint density at radius 3 is 2.11 bits per heavy atom. The maximum atomic E-state index is 14.2. The highest BCUT2D eigenvalue weighted by Gasteiger charge is 2.47. The van der Waals surface area contributed by atoms with Gasteiger partial charge >= 0.3 is 0 Å².